The molecule has 0 spiro atoms. The third-order valence-corrected chi connectivity index (χ3v) is 7.18. The average Bonchev–Trinajstić information content (AvgIpc) is 2.82. The number of amidine groups is 1. The Kier molecular flexibility index (Phi) is 6.56. The first-order valence-electron chi connectivity index (χ1n) is 10.8. The highest BCUT2D eigenvalue weighted by Crippen LogP contribution is 2.41. The summed E-state index contributed by atoms with van der Waals surface area (Å²) in [5, 5.41) is 2.14. The Morgan fingerprint density at radius 3 is 2.25 bits per heavy atom. The van der Waals surface area contributed by atoms with E-state index in [2.05, 4.69) is 41.5 Å². The summed E-state index contributed by atoms with van der Waals surface area (Å²) in [7, 11) is 0.000976. The van der Waals surface area contributed by atoms with Crippen LogP contribution in [0.5, 0.6) is 0 Å². The molecule has 164 valence electrons. The first-order valence-corrected chi connectivity index (χ1v) is 12.5. The summed E-state index contributed by atoms with van der Waals surface area (Å²) in [6.45, 7) is 2.05. The van der Waals surface area contributed by atoms with E-state index in [-0.39, 0.29) is 22.4 Å². The smallest absolute Gasteiger partial charge is 0.173 e. The number of nitrogens with zero attached hydrogens (tertiary/aromatic N) is 1. The van der Waals surface area contributed by atoms with Gasteiger partial charge in [0.15, 0.2) is 11.3 Å². The zero-order chi connectivity index (χ0) is 22.6. The van der Waals surface area contributed by atoms with Gasteiger partial charge in [-0.25, -0.2) is 4.99 Å². The Morgan fingerprint density at radius 2 is 1.66 bits per heavy atom. The van der Waals surface area contributed by atoms with Gasteiger partial charge in [-0.05, 0) is 53.8 Å². The molecule has 4 nitrogen and oxygen atoms in total. The molecule has 2 atom stereocenters. The van der Waals surface area contributed by atoms with E-state index < -0.39 is 5.54 Å². The fourth-order valence-corrected chi connectivity index (χ4v) is 4.97. The molecule has 0 aliphatic carbocycles. The van der Waals surface area contributed by atoms with Crippen molar-refractivity contribution in [3.05, 3.63) is 102 Å². The molecule has 0 saturated heterocycles. The monoisotopic (exact) mass is 443 g/mol. The molecule has 0 saturated carbocycles. The molecular formula is C27H29N3OS. The predicted octanol–water partition coefficient (Wildman–Crippen LogP) is 5.17. The maximum atomic E-state index is 14.1. The third kappa shape index (κ3) is 4.39. The van der Waals surface area contributed by atoms with Crippen molar-refractivity contribution in [2.75, 3.05) is 11.0 Å². The second kappa shape index (κ2) is 9.53. The number of nitrogens with one attached hydrogen (secondary N) is 1. The molecule has 3 aromatic carbocycles. The van der Waals surface area contributed by atoms with Gasteiger partial charge < -0.3 is 10.5 Å². The van der Waals surface area contributed by atoms with Crippen molar-refractivity contribution < 1.29 is 4.79 Å². The summed E-state index contributed by atoms with van der Waals surface area (Å²) in [4.78, 5) is 19.0. The molecule has 1 aliphatic rings. The Bertz CT molecular complexity index is 1120. The van der Waals surface area contributed by atoms with Gasteiger partial charge in [-0.3, -0.25) is 4.79 Å². The summed E-state index contributed by atoms with van der Waals surface area (Å²) >= 11 is 0. The number of ketones is 1. The Labute approximate surface area is 192 Å². The fourth-order valence-electron chi connectivity index (χ4n) is 4.35. The van der Waals surface area contributed by atoms with Crippen LogP contribution in [0.2, 0.25) is 0 Å². The van der Waals surface area contributed by atoms with Gasteiger partial charge in [0.1, 0.15) is 0 Å². The zero-order valence-electron chi connectivity index (χ0n) is 18.5. The molecule has 0 bridgehead atoms. The number of carbonyl (C=O) groups is 1. The second-order valence-corrected chi connectivity index (χ2v) is 9.90. The normalized spacial score (nSPS) is 18.8. The van der Waals surface area contributed by atoms with Crippen molar-refractivity contribution in [3.8, 4) is 0 Å². The van der Waals surface area contributed by atoms with E-state index in [4.69, 9.17) is 10.7 Å². The third-order valence-electron chi connectivity index (χ3n) is 5.92. The van der Waals surface area contributed by atoms with Gasteiger partial charge in [-0.15, -0.1) is 10.7 Å². The van der Waals surface area contributed by atoms with E-state index >= 15 is 0 Å². The molecule has 0 amide bonds. The summed E-state index contributed by atoms with van der Waals surface area (Å²) in [6.07, 6.45) is 3.24. The topological polar surface area (TPSA) is 67.5 Å². The van der Waals surface area contributed by atoms with Crippen molar-refractivity contribution in [2.24, 2.45) is 16.6 Å². The summed E-state index contributed by atoms with van der Waals surface area (Å²) in [5.74, 6) is 0.368. The second-order valence-electron chi connectivity index (χ2n) is 8.11. The number of hydrogen-bond acceptors (Lipinski definition) is 4. The van der Waals surface area contributed by atoms with Crippen LogP contribution in [-0.4, -0.2) is 23.2 Å². The van der Waals surface area contributed by atoms with E-state index in [1.807, 2.05) is 66.7 Å². The average molecular weight is 444 g/mol. The van der Waals surface area contributed by atoms with E-state index in [9.17, 15) is 4.79 Å². The maximum absolute atomic E-state index is 14.1. The zero-order valence-corrected chi connectivity index (χ0v) is 19.3. The van der Waals surface area contributed by atoms with Crippen LogP contribution in [0, 0.1) is 5.92 Å². The van der Waals surface area contributed by atoms with Gasteiger partial charge in [-0.2, -0.15) is 0 Å². The molecule has 3 N–H and O–H groups in total. The van der Waals surface area contributed by atoms with Gasteiger partial charge >= 0.3 is 0 Å². The van der Waals surface area contributed by atoms with E-state index in [0.29, 0.717) is 18.7 Å². The maximum Gasteiger partial charge on any atom is 0.173 e. The van der Waals surface area contributed by atoms with Gasteiger partial charge in [-0.1, -0.05) is 72.8 Å². The molecule has 3 aromatic rings. The lowest BCUT2D eigenvalue weighted by molar-refractivity contribution is -0.127. The Hall–Kier alpha value is -3.18. The minimum Gasteiger partial charge on any atom is -0.387 e. The molecule has 0 radical (unpaired) electrons. The van der Waals surface area contributed by atoms with Crippen molar-refractivity contribution in [1.82, 2.24) is 0 Å². The molecular weight excluding hydrogens is 414 g/mol. The highest BCUT2D eigenvalue weighted by atomic mass is 32.2. The quantitative estimate of drug-likeness (QED) is 0.517. The first kappa shape index (κ1) is 22.0. The number of carbonyl (C=O) groups excluding carboxylic acids is 1. The fraction of sp³-hybridized carbons (Fsp3) is 0.222. The van der Waals surface area contributed by atoms with Crippen LogP contribution >= 0.6 is 10.7 Å². The minimum absolute atomic E-state index is 0.000976. The van der Waals surface area contributed by atoms with Gasteiger partial charge in [0, 0.05) is 18.0 Å². The number of aliphatic imine (C=N–C) groups is 1. The molecule has 0 aromatic heterocycles. The SMILES string of the molecule is C/C=S(\C)Nc1cccc(C[C@H]2CC(N)=NC(c3ccccc3)(c3ccccc3)C2=O)c1. The predicted molar refractivity (Wildman–Crippen MR) is 137 cm³/mol. The van der Waals surface area contributed by atoms with Crippen molar-refractivity contribution >= 4 is 33.3 Å². The lowest BCUT2D eigenvalue weighted by Gasteiger charge is -2.37. The first-order chi connectivity index (χ1) is 15.5. The van der Waals surface area contributed by atoms with Crippen molar-refractivity contribution in [1.29, 1.82) is 0 Å². The number of Topliss-reactive ketones (excluding diaryl/α,β-unsaturated/α-hetero) is 1. The number of nitrogens with two attached hydrogens (primary N) is 1. The molecule has 1 aliphatic heterocycles. The van der Waals surface area contributed by atoms with Crippen LogP contribution < -0.4 is 10.5 Å². The highest BCUT2D eigenvalue weighted by Gasteiger charge is 2.47. The van der Waals surface area contributed by atoms with E-state index in [0.717, 1.165) is 22.4 Å². The summed E-state index contributed by atoms with van der Waals surface area (Å²) < 4.78 is 3.50. The Morgan fingerprint density at radius 1 is 1.03 bits per heavy atom. The largest absolute Gasteiger partial charge is 0.387 e. The van der Waals surface area contributed by atoms with Crippen molar-refractivity contribution in [3.63, 3.8) is 0 Å². The van der Waals surface area contributed by atoms with Gasteiger partial charge in [0.2, 0.25) is 0 Å². The molecule has 1 heterocycles. The number of rotatable bonds is 6. The van der Waals surface area contributed by atoms with Crippen LogP contribution in [0.25, 0.3) is 0 Å². The standard InChI is InChI=1S/C27H29N3OS/c1-3-32(2)30-24-16-10-11-20(18-24)17-21-19-25(28)29-27(26(21)31,22-12-6-4-7-13-22)23-14-8-5-9-15-23/h3-16,18,21,30H,17,19H2,1-2H3,(H2,28,29)/t21-,32?/m0/s1. The van der Waals surface area contributed by atoms with Crippen LogP contribution in [0.4, 0.5) is 5.69 Å². The van der Waals surface area contributed by atoms with Gasteiger partial charge in [0.25, 0.3) is 0 Å². The van der Waals surface area contributed by atoms with Crippen LogP contribution in [-0.2, 0) is 16.8 Å². The molecule has 0 fully saturated rings. The Balaban J connectivity index is 1.74. The van der Waals surface area contributed by atoms with Crippen LogP contribution in [0.15, 0.2) is 89.9 Å². The molecule has 4 rings (SSSR count). The van der Waals surface area contributed by atoms with Gasteiger partial charge in [0.05, 0.1) is 5.84 Å². The number of anilines is 1. The lowest BCUT2D eigenvalue weighted by Crippen LogP contribution is -2.47. The molecule has 32 heavy (non-hydrogen) atoms. The van der Waals surface area contributed by atoms with E-state index in [1.165, 1.54) is 0 Å². The highest BCUT2D eigenvalue weighted by molar-refractivity contribution is 8.15. The summed E-state index contributed by atoms with van der Waals surface area (Å²) in [6, 6.07) is 27.9. The minimum atomic E-state index is -1.11. The van der Waals surface area contributed by atoms with Crippen LogP contribution in [0.3, 0.4) is 0 Å². The van der Waals surface area contributed by atoms with Crippen molar-refractivity contribution in [2.45, 2.75) is 25.3 Å². The molecule has 1 unspecified atom stereocenters. The van der Waals surface area contributed by atoms with E-state index in [1.54, 1.807) is 0 Å². The summed E-state index contributed by atoms with van der Waals surface area (Å²) in [5.41, 5.74) is 9.16. The number of hydrogen-bond donors (Lipinski definition) is 2. The van der Waals surface area contributed by atoms with Crippen LogP contribution in [0.1, 0.15) is 30.0 Å². The number of benzene rings is 3. The lowest BCUT2D eigenvalue weighted by atomic mass is 9.71. The molecule has 5 heteroatoms.